The van der Waals surface area contributed by atoms with Gasteiger partial charge in [0.25, 0.3) is 0 Å². The Morgan fingerprint density at radius 2 is 2.11 bits per heavy atom. The van der Waals surface area contributed by atoms with E-state index < -0.39 is 0 Å². The maximum atomic E-state index is 12.2. The van der Waals surface area contributed by atoms with Crippen LogP contribution >= 0.6 is 0 Å². The first-order valence-electron chi connectivity index (χ1n) is 9.91. The van der Waals surface area contributed by atoms with Gasteiger partial charge in [-0.1, -0.05) is 13.3 Å². The number of fused-ring (bicyclic) bond motifs is 2. The normalized spacial score (nSPS) is 17.3. The highest BCUT2D eigenvalue weighted by atomic mass is 16.6. The summed E-state index contributed by atoms with van der Waals surface area (Å²) < 4.78 is 9.62. The van der Waals surface area contributed by atoms with Crippen molar-refractivity contribution >= 4 is 6.09 Å². The lowest BCUT2D eigenvalue weighted by atomic mass is 10.2. The van der Waals surface area contributed by atoms with Crippen molar-refractivity contribution in [1.82, 2.24) is 29.1 Å². The largest absolute Gasteiger partial charge is 0.449 e. The molecular weight excluding hydrogens is 344 g/mol. The van der Waals surface area contributed by atoms with Gasteiger partial charge in [-0.05, 0) is 18.9 Å². The van der Waals surface area contributed by atoms with Gasteiger partial charge in [-0.25, -0.2) is 9.78 Å². The molecule has 1 amide bonds. The first kappa shape index (κ1) is 18.0. The summed E-state index contributed by atoms with van der Waals surface area (Å²) in [6, 6.07) is 2.13. The lowest BCUT2D eigenvalue weighted by molar-refractivity contribution is 0.0904. The molecule has 146 valence electrons. The summed E-state index contributed by atoms with van der Waals surface area (Å²) in [6.45, 7) is 8.36. The number of imidazole rings is 1. The van der Waals surface area contributed by atoms with E-state index in [2.05, 4.69) is 27.4 Å². The zero-order valence-electron chi connectivity index (χ0n) is 16.0. The Kier molecular flexibility index (Phi) is 5.42. The summed E-state index contributed by atoms with van der Waals surface area (Å²) in [7, 11) is 0. The van der Waals surface area contributed by atoms with Crippen molar-refractivity contribution in [1.29, 1.82) is 0 Å². The van der Waals surface area contributed by atoms with E-state index in [9.17, 15) is 4.79 Å². The number of unbranched alkanes of at least 4 members (excludes halogenated alkanes) is 1. The van der Waals surface area contributed by atoms with Crippen molar-refractivity contribution in [2.45, 2.75) is 58.9 Å². The van der Waals surface area contributed by atoms with Gasteiger partial charge in [0, 0.05) is 38.9 Å². The van der Waals surface area contributed by atoms with Crippen LogP contribution in [0.4, 0.5) is 4.79 Å². The highest BCUT2D eigenvalue weighted by Crippen LogP contribution is 2.18. The SMILES string of the molecule is CCCCOC(=O)N1CCn2nc(CN3CCCn4cncc4C3)cc2C1. The van der Waals surface area contributed by atoms with Gasteiger partial charge in [0.2, 0.25) is 0 Å². The molecule has 0 atom stereocenters. The third-order valence-corrected chi connectivity index (χ3v) is 5.27. The number of carbonyl (C=O) groups excluding carboxylic acids is 1. The molecule has 8 heteroatoms. The number of nitrogens with zero attached hydrogens (tertiary/aromatic N) is 6. The minimum Gasteiger partial charge on any atom is -0.449 e. The molecule has 0 saturated carbocycles. The van der Waals surface area contributed by atoms with Gasteiger partial charge in [0.15, 0.2) is 0 Å². The van der Waals surface area contributed by atoms with Crippen LogP contribution < -0.4 is 0 Å². The van der Waals surface area contributed by atoms with Crippen LogP contribution in [0.25, 0.3) is 0 Å². The molecule has 0 bridgehead atoms. The number of rotatable bonds is 5. The Hall–Kier alpha value is -2.35. The molecule has 0 saturated heterocycles. The summed E-state index contributed by atoms with van der Waals surface area (Å²) in [5.74, 6) is 0. The fraction of sp³-hybridized carbons (Fsp3) is 0.632. The monoisotopic (exact) mass is 372 g/mol. The predicted molar refractivity (Wildman–Crippen MR) is 99.9 cm³/mol. The molecular formula is C19H28N6O2. The zero-order chi connectivity index (χ0) is 18.6. The van der Waals surface area contributed by atoms with Crippen molar-refractivity contribution in [2.75, 3.05) is 19.7 Å². The molecule has 2 aliphatic rings. The third-order valence-electron chi connectivity index (χ3n) is 5.27. The Balaban J connectivity index is 1.36. The second kappa shape index (κ2) is 8.12. The summed E-state index contributed by atoms with van der Waals surface area (Å²) in [5.41, 5.74) is 3.42. The van der Waals surface area contributed by atoms with Crippen LogP contribution in [0, 0.1) is 0 Å². The number of ether oxygens (including phenoxy) is 1. The number of amides is 1. The van der Waals surface area contributed by atoms with E-state index in [0.29, 0.717) is 19.7 Å². The minimum atomic E-state index is -0.210. The molecule has 2 aliphatic heterocycles. The molecule has 0 fully saturated rings. The molecule has 8 nitrogen and oxygen atoms in total. The average molecular weight is 372 g/mol. The molecule has 2 aromatic rings. The molecule has 0 aliphatic carbocycles. The quantitative estimate of drug-likeness (QED) is 0.753. The molecule has 4 heterocycles. The van der Waals surface area contributed by atoms with Crippen LogP contribution in [0.1, 0.15) is 43.3 Å². The van der Waals surface area contributed by atoms with Crippen LogP contribution in [-0.2, 0) is 37.5 Å². The molecule has 0 N–H and O–H groups in total. The summed E-state index contributed by atoms with van der Waals surface area (Å²) >= 11 is 0. The smallest absolute Gasteiger partial charge is 0.410 e. The van der Waals surface area contributed by atoms with Gasteiger partial charge < -0.3 is 14.2 Å². The highest BCUT2D eigenvalue weighted by Gasteiger charge is 2.24. The molecule has 0 aromatic carbocycles. The van der Waals surface area contributed by atoms with Crippen molar-refractivity contribution in [3.8, 4) is 0 Å². The van der Waals surface area contributed by atoms with Crippen molar-refractivity contribution in [3.05, 3.63) is 35.7 Å². The van der Waals surface area contributed by atoms with Gasteiger partial charge in [0.05, 0.1) is 43.1 Å². The molecule has 2 aromatic heterocycles. The standard InChI is InChI=1S/C19H28N6O2/c1-2-3-9-27-19(26)23-7-8-25-17(14-23)10-16(21-25)12-22-5-4-6-24-15-20-11-18(24)13-22/h10-11,15H,2-9,12-14H2,1H3. The molecule has 0 radical (unpaired) electrons. The van der Waals surface area contributed by atoms with Crippen molar-refractivity contribution in [2.24, 2.45) is 0 Å². The van der Waals surface area contributed by atoms with Gasteiger partial charge in [-0.3, -0.25) is 9.58 Å². The van der Waals surface area contributed by atoms with Crippen LogP contribution in [-0.4, -0.2) is 54.9 Å². The minimum absolute atomic E-state index is 0.210. The Morgan fingerprint density at radius 1 is 1.19 bits per heavy atom. The van der Waals surface area contributed by atoms with E-state index in [1.807, 2.05) is 17.2 Å². The predicted octanol–water partition coefficient (Wildman–Crippen LogP) is 2.24. The van der Waals surface area contributed by atoms with Gasteiger partial charge in [-0.15, -0.1) is 0 Å². The van der Waals surface area contributed by atoms with E-state index in [4.69, 9.17) is 9.84 Å². The van der Waals surface area contributed by atoms with Crippen LogP contribution in [0.3, 0.4) is 0 Å². The molecule has 0 unspecified atom stereocenters. The summed E-state index contributed by atoms with van der Waals surface area (Å²) in [6.07, 6.45) is 6.73. The van der Waals surface area contributed by atoms with E-state index in [1.165, 1.54) is 5.69 Å². The van der Waals surface area contributed by atoms with Crippen molar-refractivity contribution < 1.29 is 9.53 Å². The van der Waals surface area contributed by atoms with E-state index in [-0.39, 0.29) is 6.09 Å². The zero-order valence-corrected chi connectivity index (χ0v) is 16.0. The van der Waals surface area contributed by atoms with Gasteiger partial charge in [-0.2, -0.15) is 5.10 Å². The fourth-order valence-corrected chi connectivity index (χ4v) is 3.77. The lowest BCUT2D eigenvalue weighted by Gasteiger charge is -2.26. The van der Waals surface area contributed by atoms with Crippen LogP contribution in [0.5, 0.6) is 0 Å². The number of aromatic nitrogens is 4. The number of hydrogen-bond donors (Lipinski definition) is 0. The van der Waals surface area contributed by atoms with E-state index >= 15 is 0 Å². The summed E-state index contributed by atoms with van der Waals surface area (Å²) in [5, 5.41) is 4.76. The molecule has 4 rings (SSSR count). The number of aryl methyl sites for hydroxylation is 1. The lowest BCUT2D eigenvalue weighted by Crippen LogP contribution is -2.38. The maximum Gasteiger partial charge on any atom is 0.410 e. The molecule has 27 heavy (non-hydrogen) atoms. The Bertz CT molecular complexity index is 783. The van der Waals surface area contributed by atoms with Crippen molar-refractivity contribution in [3.63, 3.8) is 0 Å². The fourth-order valence-electron chi connectivity index (χ4n) is 3.77. The van der Waals surface area contributed by atoms with E-state index in [0.717, 1.165) is 63.4 Å². The number of carbonyl (C=O) groups is 1. The first-order chi connectivity index (χ1) is 13.2. The third kappa shape index (κ3) is 4.16. The second-order valence-electron chi connectivity index (χ2n) is 7.38. The second-order valence-corrected chi connectivity index (χ2v) is 7.38. The number of hydrogen-bond acceptors (Lipinski definition) is 5. The van der Waals surface area contributed by atoms with E-state index in [1.54, 1.807) is 4.90 Å². The van der Waals surface area contributed by atoms with Crippen LogP contribution in [0.15, 0.2) is 18.6 Å². The molecule has 0 spiro atoms. The highest BCUT2D eigenvalue weighted by molar-refractivity contribution is 5.67. The van der Waals surface area contributed by atoms with Gasteiger partial charge >= 0.3 is 6.09 Å². The topological polar surface area (TPSA) is 68.4 Å². The first-order valence-corrected chi connectivity index (χ1v) is 9.91. The average Bonchev–Trinajstić information content (AvgIpc) is 3.22. The summed E-state index contributed by atoms with van der Waals surface area (Å²) in [4.78, 5) is 20.7. The van der Waals surface area contributed by atoms with Crippen LogP contribution in [0.2, 0.25) is 0 Å². The Labute approximate surface area is 159 Å². The maximum absolute atomic E-state index is 12.2. The Morgan fingerprint density at radius 3 is 3.00 bits per heavy atom. The van der Waals surface area contributed by atoms with Gasteiger partial charge in [0.1, 0.15) is 0 Å².